The molecule has 0 bridgehead atoms. The molecule has 0 radical (unpaired) electrons. The summed E-state index contributed by atoms with van der Waals surface area (Å²) >= 11 is 1.50. The smallest absolute Gasteiger partial charge is 0.268 e. The Balaban J connectivity index is 1.92. The molecule has 0 aromatic carbocycles. The predicted molar refractivity (Wildman–Crippen MR) is 87.5 cm³/mol. The van der Waals surface area contributed by atoms with E-state index in [-0.39, 0.29) is 11.9 Å². The van der Waals surface area contributed by atoms with Crippen LogP contribution in [0.1, 0.15) is 45.5 Å². The normalized spacial score (nSPS) is 18.3. The lowest BCUT2D eigenvalue weighted by atomic mass is 9.98. The highest BCUT2D eigenvalue weighted by molar-refractivity contribution is 7.14. The monoisotopic (exact) mass is 316 g/mol. The second kappa shape index (κ2) is 6.48. The van der Waals surface area contributed by atoms with E-state index in [1.807, 2.05) is 36.1 Å². The molecule has 3 heterocycles. The third-order valence-electron chi connectivity index (χ3n) is 4.03. The quantitative estimate of drug-likeness (QED) is 0.864. The number of aromatic nitrogens is 1. The van der Waals surface area contributed by atoms with E-state index < -0.39 is 0 Å². The molecule has 0 N–H and O–H groups in total. The number of aryl methyl sites for hydroxylation is 1. The Labute approximate surface area is 134 Å². The van der Waals surface area contributed by atoms with E-state index in [1.54, 1.807) is 13.3 Å². The van der Waals surface area contributed by atoms with Crippen molar-refractivity contribution in [1.29, 1.82) is 0 Å². The highest BCUT2D eigenvalue weighted by atomic mass is 32.1. The van der Waals surface area contributed by atoms with Gasteiger partial charge >= 0.3 is 0 Å². The summed E-state index contributed by atoms with van der Waals surface area (Å²) in [6.07, 6.45) is 4.94. The summed E-state index contributed by atoms with van der Waals surface area (Å²) in [6, 6.07) is 7.89. The average molecular weight is 316 g/mol. The molecule has 22 heavy (non-hydrogen) atoms. The van der Waals surface area contributed by atoms with E-state index in [2.05, 4.69) is 4.98 Å². The van der Waals surface area contributed by atoms with E-state index in [4.69, 9.17) is 4.74 Å². The van der Waals surface area contributed by atoms with E-state index in [0.717, 1.165) is 36.4 Å². The fourth-order valence-corrected chi connectivity index (χ4v) is 3.91. The molecular weight excluding hydrogens is 296 g/mol. The molecule has 116 valence electrons. The lowest BCUT2D eigenvalue weighted by molar-refractivity contribution is 0.0608. The third kappa shape index (κ3) is 2.86. The number of piperidine rings is 1. The molecule has 0 aliphatic carbocycles. The lowest BCUT2D eigenvalue weighted by Gasteiger charge is -2.35. The number of pyridine rings is 1. The van der Waals surface area contributed by atoms with Gasteiger partial charge in [-0.1, -0.05) is 6.07 Å². The van der Waals surface area contributed by atoms with Gasteiger partial charge in [-0.3, -0.25) is 9.78 Å². The van der Waals surface area contributed by atoms with Crippen LogP contribution in [-0.2, 0) is 0 Å². The number of thiophene rings is 1. The van der Waals surface area contributed by atoms with E-state index in [1.165, 1.54) is 11.3 Å². The molecule has 1 atom stereocenters. The van der Waals surface area contributed by atoms with Crippen molar-refractivity contribution in [3.05, 3.63) is 45.9 Å². The van der Waals surface area contributed by atoms with Gasteiger partial charge in [-0.25, -0.2) is 0 Å². The van der Waals surface area contributed by atoms with Crippen molar-refractivity contribution in [2.45, 2.75) is 32.2 Å². The highest BCUT2D eigenvalue weighted by Crippen LogP contribution is 2.35. The van der Waals surface area contributed by atoms with Crippen LogP contribution in [0.2, 0.25) is 0 Å². The molecule has 0 spiro atoms. The van der Waals surface area contributed by atoms with Gasteiger partial charge in [-0.15, -0.1) is 11.3 Å². The van der Waals surface area contributed by atoms with Crippen molar-refractivity contribution in [2.24, 2.45) is 0 Å². The maximum absolute atomic E-state index is 13.0. The van der Waals surface area contributed by atoms with Crippen molar-refractivity contribution < 1.29 is 9.53 Å². The number of amides is 1. The van der Waals surface area contributed by atoms with Gasteiger partial charge in [0.1, 0.15) is 10.6 Å². The van der Waals surface area contributed by atoms with Gasteiger partial charge in [0.25, 0.3) is 5.91 Å². The second-order valence-corrected chi connectivity index (χ2v) is 6.78. The first-order valence-corrected chi connectivity index (χ1v) is 8.38. The Morgan fingerprint density at radius 1 is 1.41 bits per heavy atom. The third-order valence-corrected chi connectivity index (χ3v) is 5.05. The number of carbonyl (C=O) groups excluding carboxylic acids is 1. The molecule has 0 saturated carbocycles. The van der Waals surface area contributed by atoms with Crippen molar-refractivity contribution in [3.8, 4) is 5.75 Å². The van der Waals surface area contributed by atoms with E-state index in [9.17, 15) is 4.79 Å². The van der Waals surface area contributed by atoms with Crippen molar-refractivity contribution >= 4 is 17.2 Å². The number of ether oxygens (including phenoxy) is 1. The zero-order chi connectivity index (χ0) is 15.5. The molecule has 3 rings (SSSR count). The maximum atomic E-state index is 13.0. The maximum Gasteiger partial charge on any atom is 0.268 e. The summed E-state index contributed by atoms with van der Waals surface area (Å²) in [7, 11) is 1.62. The fourth-order valence-electron chi connectivity index (χ4n) is 2.98. The van der Waals surface area contributed by atoms with Crippen LogP contribution in [0.25, 0.3) is 0 Å². The highest BCUT2D eigenvalue weighted by Gasteiger charge is 2.31. The number of rotatable bonds is 3. The summed E-state index contributed by atoms with van der Waals surface area (Å²) in [6.45, 7) is 2.77. The predicted octanol–water partition coefficient (Wildman–Crippen LogP) is 3.83. The lowest BCUT2D eigenvalue weighted by Crippen LogP contribution is -2.38. The minimum atomic E-state index is 0.0605. The van der Waals surface area contributed by atoms with Gasteiger partial charge in [0.05, 0.1) is 18.8 Å². The molecule has 5 heteroatoms. The largest absolute Gasteiger partial charge is 0.495 e. The number of nitrogens with zero attached hydrogens (tertiary/aromatic N) is 2. The van der Waals surface area contributed by atoms with Gasteiger partial charge in [0.2, 0.25) is 0 Å². The van der Waals surface area contributed by atoms with Gasteiger partial charge in [-0.05, 0) is 44.4 Å². The molecule has 1 aliphatic rings. The molecule has 2 aromatic rings. The van der Waals surface area contributed by atoms with Crippen LogP contribution < -0.4 is 4.74 Å². The standard InChI is InChI=1S/C17H20N2O2S/c1-12-11-15(21-2)16(22-12)17(20)19-10-6-4-8-14(19)13-7-3-5-9-18-13/h3,5,7,9,11,14H,4,6,8,10H2,1-2H3. The van der Waals surface area contributed by atoms with Crippen molar-refractivity contribution in [1.82, 2.24) is 9.88 Å². The Bertz CT molecular complexity index is 654. The number of hydrogen-bond acceptors (Lipinski definition) is 4. The Morgan fingerprint density at radius 3 is 3.00 bits per heavy atom. The average Bonchev–Trinajstić information content (AvgIpc) is 2.96. The summed E-state index contributed by atoms with van der Waals surface area (Å²) < 4.78 is 5.37. The number of hydrogen-bond donors (Lipinski definition) is 0. The number of likely N-dealkylation sites (tertiary alicyclic amines) is 1. The molecule has 1 unspecified atom stereocenters. The van der Waals surface area contributed by atoms with Crippen LogP contribution in [0.3, 0.4) is 0 Å². The molecule has 1 amide bonds. The molecular formula is C17H20N2O2S. The fraction of sp³-hybridized carbons (Fsp3) is 0.412. The summed E-state index contributed by atoms with van der Waals surface area (Å²) in [5.74, 6) is 0.739. The summed E-state index contributed by atoms with van der Waals surface area (Å²) in [5, 5.41) is 0. The molecule has 4 nitrogen and oxygen atoms in total. The van der Waals surface area contributed by atoms with E-state index in [0.29, 0.717) is 10.6 Å². The SMILES string of the molecule is COc1cc(C)sc1C(=O)N1CCCCC1c1ccccn1. The minimum absolute atomic E-state index is 0.0605. The van der Waals surface area contributed by atoms with Crippen LogP contribution in [0.4, 0.5) is 0 Å². The van der Waals surface area contributed by atoms with Gasteiger partial charge in [0, 0.05) is 17.6 Å². The van der Waals surface area contributed by atoms with Gasteiger partial charge in [-0.2, -0.15) is 0 Å². The first-order valence-electron chi connectivity index (χ1n) is 7.57. The molecule has 1 aliphatic heterocycles. The summed E-state index contributed by atoms with van der Waals surface area (Å²) in [5.41, 5.74) is 0.975. The minimum Gasteiger partial charge on any atom is -0.495 e. The van der Waals surface area contributed by atoms with E-state index >= 15 is 0 Å². The Kier molecular flexibility index (Phi) is 4.43. The zero-order valence-corrected chi connectivity index (χ0v) is 13.7. The van der Waals surface area contributed by atoms with Crippen LogP contribution in [0, 0.1) is 6.92 Å². The first kappa shape index (κ1) is 15.0. The van der Waals surface area contributed by atoms with Crippen LogP contribution >= 0.6 is 11.3 Å². The van der Waals surface area contributed by atoms with Crippen molar-refractivity contribution in [3.63, 3.8) is 0 Å². The molecule has 1 saturated heterocycles. The second-order valence-electron chi connectivity index (χ2n) is 5.52. The Morgan fingerprint density at radius 2 is 2.27 bits per heavy atom. The van der Waals surface area contributed by atoms with Gasteiger partial charge in [0.15, 0.2) is 0 Å². The van der Waals surface area contributed by atoms with Gasteiger partial charge < -0.3 is 9.64 Å². The van der Waals surface area contributed by atoms with Crippen LogP contribution in [0.15, 0.2) is 30.5 Å². The number of carbonyl (C=O) groups is 1. The van der Waals surface area contributed by atoms with Crippen LogP contribution in [-0.4, -0.2) is 29.4 Å². The topological polar surface area (TPSA) is 42.4 Å². The van der Waals surface area contributed by atoms with Crippen molar-refractivity contribution in [2.75, 3.05) is 13.7 Å². The first-order chi connectivity index (χ1) is 10.7. The van der Waals surface area contributed by atoms with Crippen LogP contribution in [0.5, 0.6) is 5.75 Å². The zero-order valence-electron chi connectivity index (χ0n) is 12.9. The number of methoxy groups -OCH3 is 1. The molecule has 1 fully saturated rings. The Hall–Kier alpha value is -1.88. The summed E-state index contributed by atoms with van der Waals surface area (Å²) in [4.78, 5) is 21.2. The molecule has 2 aromatic heterocycles.